The molecular weight excluding hydrogens is 403 g/mol. The number of β-amino-alcohol motifs (C(OH)–C–C–N with tert-alkyl or cyclic N) is 1. The molecule has 9 nitrogen and oxygen atoms in total. The topological polar surface area (TPSA) is 122 Å². The number of carbonyl (C=O) groups is 2. The first-order valence-corrected chi connectivity index (χ1v) is 10.0. The van der Waals surface area contributed by atoms with Gasteiger partial charge in [-0.15, -0.1) is 0 Å². The number of nitrogens with one attached hydrogen (secondary N) is 1. The largest absolute Gasteiger partial charge is 0.391 e. The lowest BCUT2D eigenvalue weighted by Crippen LogP contribution is -2.60. The summed E-state index contributed by atoms with van der Waals surface area (Å²) in [5, 5.41) is 21.9. The molecule has 1 aliphatic carbocycles. The molecule has 0 radical (unpaired) electrons. The van der Waals surface area contributed by atoms with Crippen molar-refractivity contribution in [2.24, 2.45) is 0 Å². The van der Waals surface area contributed by atoms with Gasteiger partial charge in [0.2, 0.25) is 0 Å². The third-order valence-corrected chi connectivity index (χ3v) is 6.17. The van der Waals surface area contributed by atoms with E-state index >= 15 is 4.39 Å². The number of anilines is 3. The van der Waals surface area contributed by atoms with Gasteiger partial charge in [0.05, 0.1) is 17.4 Å². The van der Waals surface area contributed by atoms with Gasteiger partial charge in [-0.1, -0.05) is 0 Å². The quantitative estimate of drug-likeness (QED) is 0.727. The molecule has 1 atom stereocenters. The van der Waals surface area contributed by atoms with Crippen molar-refractivity contribution in [3.63, 3.8) is 0 Å². The van der Waals surface area contributed by atoms with Crippen LogP contribution >= 0.6 is 0 Å². The van der Waals surface area contributed by atoms with Crippen LogP contribution in [0.5, 0.6) is 0 Å². The van der Waals surface area contributed by atoms with Crippen LogP contribution in [0.25, 0.3) is 0 Å². The van der Waals surface area contributed by atoms with E-state index in [4.69, 9.17) is 0 Å². The highest BCUT2D eigenvalue weighted by atomic mass is 19.1. The summed E-state index contributed by atoms with van der Waals surface area (Å²) >= 11 is 0. The number of carbonyl (C=O) groups excluding carboxylic acids is 2. The fourth-order valence-electron chi connectivity index (χ4n) is 4.58. The predicted molar refractivity (Wildman–Crippen MR) is 109 cm³/mol. The Bertz CT molecular complexity index is 1130. The second-order valence-corrected chi connectivity index (χ2v) is 8.14. The molecule has 2 fully saturated rings. The molecule has 31 heavy (non-hydrogen) atoms. The van der Waals surface area contributed by atoms with E-state index < -0.39 is 17.8 Å². The molecule has 158 valence electrons. The van der Waals surface area contributed by atoms with E-state index in [1.807, 2.05) is 4.90 Å². The number of nitriles is 1. The average molecular weight is 422 g/mol. The lowest BCUT2D eigenvalue weighted by Gasteiger charge is -2.52. The molecule has 2 aromatic heterocycles. The number of halogens is 1. The van der Waals surface area contributed by atoms with Crippen LogP contribution in [0.1, 0.15) is 40.9 Å². The van der Waals surface area contributed by atoms with E-state index in [1.54, 1.807) is 6.07 Å². The van der Waals surface area contributed by atoms with E-state index in [0.29, 0.717) is 42.6 Å². The first kappa shape index (κ1) is 19.4. The van der Waals surface area contributed by atoms with Crippen molar-refractivity contribution in [1.82, 2.24) is 9.97 Å². The minimum atomic E-state index is -1.53. The van der Waals surface area contributed by atoms with Gasteiger partial charge in [0.15, 0.2) is 6.29 Å². The van der Waals surface area contributed by atoms with Gasteiger partial charge in [0.25, 0.3) is 0 Å². The minimum absolute atomic E-state index is 0.118. The number of hydrogen-bond acceptors (Lipinski definition) is 7. The fourth-order valence-corrected chi connectivity index (χ4v) is 4.58. The van der Waals surface area contributed by atoms with Crippen molar-refractivity contribution in [3.8, 4) is 6.07 Å². The molecule has 2 aromatic rings. The van der Waals surface area contributed by atoms with Crippen molar-refractivity contribution in [2.45, 2.75) is 37.1 Å². The first-order valence-electron chi connectivity index (χ1n) is 10.0. The maximum absolute atomic E-state index is 15.0. The Morgan fingerprint density at radius 1 is 1.42 bits per heavy atom. The van der Waals surface area contributed by atoms with Gasteiger partial charge in [-0.2, -0.15) is 5.26 Å². The third-order valence-electron chi connectivity index (χ3n) is 6.17. The van der Waals surface area contributed by atoms with Crippen molar-refractivity contribution < 1.29 is 19.1 Å². The molecule has 4 aliphatic rings. The molecule has 10 heteroatoms. The summed E-state index contributed by atoms with van der Waals surface area (Å²) in [6.45, 7) is 0.983. The second kappa shape index (κ2) is 6.99. The molecule has 0 aromatic carbocycles. The van der Waals surface area contributed by atoms with Crippen LogP contribution in [-0.2, 0) is 5.67 Å². The first-order chi connectivity index (χ1) is 14.9. The summed E-state index contributed by atoms with van der Waals surface area (Å²) < 4.78 is 15.0. The van der Waals surface area contributed by atoms with E-state index in [9.17, 15) is 20.0 Å². The Labute approximate surface area is 177 Å². The van der Waals surface area contributed by atoms with Crippen molar-refractivity contribution >= 4 is 29.6 Å². The Balaban J connectivity index is 1.44. The van der Waals surface area contributed by atoms with Crippen LogP contribution in [0.3, 0.4) is 0 Å². The van der Waals surface area contributed by atoms with Crippen LogP contribution in [-0.4, -0.2) is 52.6 Å². The molecule has 2 N–H and O–H groups in total. The Hall–Kier alpha value is -3.58. The van der Waals surface area contributed by atoms with Gasteiger partial charge in [0.1, 0.15) is 29.1 Å². The normalized spacial score (nSPS) is 26.0. The number of aldehydes is 1. The van der Waals surface area contributed by atoms with Gasteiger partial charge in [-0.25, -0.2) is 19.2 Å². The number of alkyl halides is 1. The van der Waals surface area contributed by atoms with Gasteiger partial charge >= 0.3 is 6.03 Å². The fraction of sp³-hybridized carbons (Fsp3) is 0.381. The minimum Gasteiger partial charge on any atom is -0.391 e. The molecule has 2 bridgehead atoms. The summed E-state index contributed by atoms with van der Waals surface area (Å²) in [6.07, 6.45) is 2.40. The van der Waals surface area contributed by atoms with Crippen LogP contribution in [0.15, 0.2) is 24.4 Å². The number of aliphatic hydroxyl groups is 1. The number of aliphatic hydroxyl groups excluding tert-OH is 1. The van der Waals surface area contributed by atoms with Gasteiger partial charge in [-0.3, -0.25) is 15.0 Å². The van der Waals surface area contributed by atoms with E-state index in [1.165, 1.54) is 23.2 Å². The van der Waals surface area contributed by atoms with Crippen molar-refractivity contribution in [1.29, 1.82) is 5.26 Å². The average Bonchev–Trinajstić information content (AvgIpc) is 3.18. The smallest absolute Gasteiger partial charge is 0.328 e. The molecule has 0 spiro atoms. The Morgan fingerprint density at radius 2 is 2.23 bits per heavy atom. The standard InChI is InChI=1S/C21H19FN6O3/c22-21-6-14(7-21)28(19-16(21)2-1-13(11-29)25-19)20(31)26-18-5-17(12(8-23)9-24-18)27-4-3-15(30)10-27/h1-2,5,9,11,14-15,30H,3-4,6-7,10H2,(H,24,26,31). The highest BCUT2D eigenvalue weighted by Gasteiger charge is 2.57. The lowest BCUT2D eigenvalue weighted by molar-refractivity contribution is 0.0284. The summed E-state index contributed by atoms with van der Waals surface area (Å²) in [7, 11) is 0. The second-order valence-electron chi connectivity index (χ2n) is 8.14. The zero-order valence-corrected chi connectivity index (χ0v) is 16.5. The van der Waals surface area contributed by atoms with E-state index in [2.05, 4.69) is 21.4 Å². The SMILES string of the molecule is N#Cc1cnc(NC(=O)N2c3nc(C=O)ccc3C3(F)CC2C3)cc1N1CCC(O)C1. The molecular formula is C21H19FN6O3. The van der Waals surface area contributed by atoms with Crippen LogP contribution in [0.4, 0.5) is 26.5 Å². The summed E-state index contributed by atoms with van der Waals surface area (Å²) in [5.74, 6) is 0.369. The van der Waals surface area contributed by atoms with Crippen LogP contribution in [0.2, 0.25) is 0 Å². The van der Waals surface area contributed by atoms with Gasteiger partial charge < -0.3 is 10.0 Å². The predicted octanol–water partition coefficient (Wildman–Crippen LogP) is 2.11. The van der Waals surface area contributed by atoms with Crippen molar-refractivity contribution in [3.05, 3.63) is 41.2 Å². The number of aromatic nitrogens is 2. The number of urea groups is 1. The van der Waals surface area contributed by atoms with E-state index in [0.717, 1.165) is 0 Å². The third kappa shape index (κ3) is 3.09. The zero-order valence-electron chi connectivity index (χ0n) is 16.5. The Morgan fingerprint density at radius 3 is 2.90 bits per heavy atom. The lowest BCUT2D eigenvalue weighted by atomic mass is 9.69. The number of hydrogen-bond donors (Lipinski definition) is 2. The summed E-state index contributed by atoms with van der Waals surface area (Å²) in [6, 6.07) is 5.73. The van der Waals surface area contributed by atoms with Crippen LogP contribution in [0, 0.1) is 11.3 Å². The summed E-state index contributed by atoms with van der Waals surface area (Å²) in [5.41, 5.74) is -0.185. The van der Waals surface area contributed by atoms with Gasteiger partial charge in [0, 0.05) is 49.8 Å². The highest BCUT2D eigenvalue weighted by molar-refractivity contribution is 6.03. The molecule has 6 rings (SSSR count). The van der Waals surface area contributed by atoms with E-state index in [-0.39, 0.29) is 36.2 Å². The molecule has 1 saturated carbocycles. The monoisotopic (exact) mass is 422 g/mol. The number of pyridine rings is 2. The highest BCUT2D eigenvalue weighted by Crippen LogP contribution is 2.55. The molecule has 5 heterocycles. The molecule has 2 amide bonds. The maximum atomic E-state index is 15.0. The van der Waals surface area contributed by atoms with Crippen molar-refractivity contribution in [2.75, 3.05) is 28.2 Å². The molecule has 1 unspecified atom stereocenters. The number of rotatable bonds is 3. The number of nitrogens with zero attached hydrogens (tertiary/aromatic N) is 5. The Kier molecular flexibility index (Phi) is 4.37. The number of amides is 2. The van der Waals surface area contributed by atoms with Crippen LogP contribution < -0.4 is 15.1 Å². The molecule has 1 saturated heterocycles. The maximum Gasteiger partial charge on any atom is 0.328 e. The zero-order chi connectivity index (χ0) is 21.8. The summed E-state index contributed by atoms with van der Waals surface area (Å²) in [4.78, 5) is 35.8. The molecule has 3 aliphatic heterocycles. The van der Waals surface area contributed by atoms with Gasteiger partial charge in [-0.05, 0) is 18.6 Å².